The van der Waals surface area contributed by atoms with Crippen molar-refractivity contribution in [3.05, 3.63) is 50.8 Å². The van der Waals surface area contributed by atoms with Crippen molar-refractivity contribution in [2.45, 2.75) is 31.8 Å². The van der Waals surface area contributed by atoms with Crippen molar-refractivity contribution >= 4 is 23.5 Å². The number of aryl methyl sites for hydroxylation is 1. The molecular weight excluding hydrogens is 342 g/mol. The number of furan rings is 1. The number of anilines is 1. The Balaban J connectivity index is 2.24. The number of thioether (sulfide) groups is 1. The maximum absolute atomic E-state index is 12.7. The summed E-state index contributed by atoms with van der Waals surface area (Å²) >= 11 is 1.34. The quantitative estimate of drug-likeness (QED) is 0.491. The average molecular weight is 361 g/mol. The number of hydrogen-bond acceptors (Lipinski definition) is 7. The lowest BCUT2D eigenvalue weighted by molar-refractivity contribution is -0.138. The molecule has 3 heterocycles. The first-order valence-electron chi connectivity index (χ1n) is 7.85. The molecule has 3 rings (SSSR count). The topological polar surface area (TPSA) is 97.2 Å². The van der Waals surface area contributed by atoms with Gasteiger partial charge in [0.2, 0.25) is 0 Å². The number of carbonyl (C=O) groups excluding carboxylic acids is 1. The molecule has 0 saturated heterocycles. The minimum atomic E-state index is -0.670. The molecule has 2 N–H and O–H groups in total. The number of esters is 1. The van der Waals surface area contributed by atoms with Gasteiger partial charge in [0.25, 0.3) is 5.56 Å². The lowest BCUT2D eigenvalue weighted by atomic mass is 9.86. The van der Waals surface area contributed by atoms with E-state index in [1.165, 1.54) is 11.8 Å². The van der Waals surface area contributed by atoms with Gasteiger partial charge in [-0.3, -0.25) is 4.79 Å². The van der Waals surface area contributed by atoms with Gasteiger partial charge >= 0.3 is 5.97 Å². The average Bonchev–Trinajstić information content (AvgIpc) is 2.99. The second-order valence-electron chi connectivity index (χ2n) is 5.60. The molecule has 1 atom stereocenters. The minimum absolute atomic E-state index is 0.242. The first kappa shape index (κ1) is 17.3. The van der Waals surface area contributed by atoms with E-state index in [4.69, 9.17) is 9.15 Å². The lowest BCUT2D eigenvalue weighted by Crippen LogP contribution is -2.31. The highest BCUT2D eigenvalue weighted by atomic mass is 32.2. The van der Waals surface area contributed by atoms with Crippen LogP contribution in [0.3, 0.4) is 0 Å². The summed E-state index contributed by atoms with van der Waals surface area (Å²) in [5.41, 5.74) is 0.985. The van der Waals surface area contributed by atoms with Crippen LogP contribution >= 0.6 is 11.8 Å². The van der Waals surface area contributed by atoms with E-state index in [1.807, 2.05) is 13.2 Å². The molecule has 0 aliphatic carbocycles. The summed E-state index contributed by atoms with van der Waals surface area (Å²) in [6.07, 6.45) is 1.83. The summed E-state index contributed by atoms with van der Waals surface area (Å²) in [5, 5.41) is 3.56. The van der Waals surface area contributed by atoms with Crippen LogP contribution in [0.4, 0.5) is 5.82 Å². The van der Waals surface area contributed by atoms with Crippen molar-refractivity contribution in [1.82, 2.24) is 9.97 Å². The monoisotopic (exact) mass is 361 g/mol. The van der Waals surface area contributed by atoms with Crippen molar-refractivity contribution in [3.8, 4) is 0 Å². The van der Waals surface area contributed by atoms with Crippen LogP contribution in [-0.4, -0.2) is 28.8 Å². The Morgan fingerprint density at radius 3 is 2.76 bits per heavy atom. The standard InChI is InChI=1S/C17H19N3O4S/c1-5-23-16(22)11-9(3)18-14-13(15(21)20-17(19-14)25-4)12(11)10-7-6-8(2)24-10/h6-7,12H,5H2,1-4H3,(H2,18,19,20,21)/t12-/m0/s1. The van der Waals surface area contributed by atoms with Crippen LogP contribution in [0.15, 0.2) is 37.8 Å². The molecule has 25 heavy (non-hydrogen) atoms. The first-order chi connectivity index (χ1) is 12.0. The summed E-state index contributed by atoms with van der Waals surface area (Å²) in [6.45, 7) is 5.56. The van der Waals surface area contributed by atoms with Gasteiger partial charge in [-0.2, -0.15) is 0 Å². The highest BCUT2D eigenvalue weighted by molar-refractivity contribution is 7.98. The van der Waals surface area contributed by atoms with E-state index in [0.717, 1.165) is 0 Å². The number of carbonyl (C=O) groups is 1. The molecule has 0 bridgehead atoms. The van der Waals surface area contributed by atoms with Gasteiger partial charge in [-0.25, -0.2) is 9.78 Å². The zero-order valence-corrected chi connectivity index (χ0v) is 15.2. The number of aromatic amines is 1. The van der Waals surface area contributed by atoms with E-state index in [1.54, 1.807) is 26.0 Å². The third kappa shape index (κ3) is 3.09. The highest BCUT2D eigenvalue weighted by Crippen LogP contribution is 2.40. The summed E-state index contributed by atoms with van der Waals surface area (Å²) < 4.78 is 10.9. The minimum Gasteiger partial charge on any atom is -0.465 e. The number of ether oxygens (including phenoxy) is 1. The van der Waals surface area contributed by atoms with Gasteiger partial charge in [0, 0.05) is 5.70 Å². The predicted octanol–water partition coefficient (Wildman–Crippen LogP) is 2.79. The van der Waals surface area contributed by atoms with Crippen LogP contribution < -0.4 is 10.9 Å². The Morgan fingerprint density at radius 2 is 2.16 bits per heavy atom. The molecule has 0 aromatic carbocycles. The Labute approximate surface area is 148 Å². The van der Waals surface area contributed by atoms with Gasteiger partial charge < -0.3 is 19.5 Å². The van der Waals surface area contributed by atoms with Gasteiger partial charge in [0.05, 0.1) is 23.7 Å². The van der Waals surface area contributed by atoms with Crippen LogP contribution in [-0.2, 0) is 9.53 Å². The molecule has 2 aromatic rings. The summed E-state index contributed by atoms with van der Waals surface area (Å²) in [5.74, 6) is 0.479. The second-order valence-corrected chi connectivity index (χ2v) is 6.40. The molecule has 7 nitrogen and oxygen atoms in total. The zero-order valence-electron chi connectivity index (χ0n) is 14.4. The number of aromatic nitrogens is 2. The van der Waals surface area contributed by atoms with Gasteiger partial charge in [0.15, 0.2) is 5.16 Å². The lowest BCUT2D eigenvalue weighted by Gasteiger charge is -2.27. The summed E-state index contributed by atoms with van der Waals surface area (Å²) in [6, 6.07) is 3.57. The maximum atomic E-state index is 12.7. The third-order valence-electron chi connectivity index (χ3n) is 3.96. The number of nitrogens with one attached hydrogen (secondary N) is 2. The Hall–Kier alpha value is -2.48. The SMILES string of the molecule is CCOC(=O)C1=C(C)Nc2nc(SC)[nH]c(=O)c2[C@H]1c1ccc(C)o1. The van der Waals surface area contributed by atoms with Crippen LogP contribution in [0.2, 0.25) is 0 Å². The maximum Gasteiger partial charge on any atom is 0.336 e. The number of rotatable bonds is 4. The van der Waals surface area contributed by atoms with E-state index < -0.39 is 11.9 Å². The van der Waals surface area contributed by atoms with Crippen molar-refractivity contribution < 1.29 is 13.9 Å². The van der Waals surface area contributed by atoms with Crippen molar-refractivity contribution in [3.63, 3.8) is 0 Å². The van der Waals surface area contributed by atoms with Gasteiger partial charge in [-0.05, 0) is 39.2 Å². The molecule has 0 amide bonds. The van der Waals surface area contributed by atoms with E-state index in [2.05, 4.69) is 15.3 Å². The fourth-order valence-electron chi connectivity index (χ4n) is 2.90. The third-order valence-corrected chi connectivity index (χ3v) is 4.54. The predicted molar refractivity (Wildman–Crippen MR) is 94.9 cm³/mol. The molecular formula is C17H19N3O4S. The summed E-state index contributed by atoms with van der Waals surface area (Å²) in [7, 11) is 0. The Bertz CT molecular complexity index is 913. The molecule has 1 aliphatic rings. The van der Waals surface area contributed by atoms with E-state index >= 15 is 0 Å². The fraction of sp³-hybridized carbons (Fsp3) is 0.353. The Kier molecular flexibility index (Phi) is 4.71. The molecule has 132 valence electrons. The molecule has 0 radical (unpaired) electrons. The number of allylic oxidation sites excluding steroid dienone is 1. The fourth-order valence-corrected chi connectivity index (χ4v) is 3.28. The normalized spacial score (nSPS) is 16.4. The molecule has 2 aromatic heterocycles. The number of fused-ring (bicyclic) bond motifs is 1. The molecule has 0 unspecified atom stereocenters. The van der Waals surface area contributed by atoms with Gasteiger partial charge in [-0.15, -0.1) is 0 Å². The molecule has 0 spiro atoms. The van der Waals surface area contributed by atoms with Crippen LogP contribution in [0.25, 0.3) is 0 Å². The molecule has 1 aliphatic heterocycles. The number of hydrogen-bond donors (Lipinski definition) is 2. The molecule has 8 heteroatoms. The summed E-state index contributed by atoms with van der Waals surface area (Å²) in [4.78, 5) is 32.4. The second kappa shape index (κ2) is 6.79. The smallest absolute Gasteiger partial charge is 0.336 e. The number of H-pyrrole nitrogens is 1. The van der Waals surface area contributed by atoms with Crippen molar-refractivity contribution in [2.75, 3.05) is 18.2 Å². The first-order valence-corrected chi connectivity index (χ1v) is 9.08. The van der Waals surface area contributed by atoms with Crippen LogP contribution in [0, 0.1) is 6.92 Å². The Morgan fingerprint density at radius 1 is 1.40 bits per heavy atom. The largest absolute Gasteiger partial charge is 0.465 e. The van der Waals surface area contributed by atoms with Crippen molar-refractivity contribution in [2.24, 2.45) is 0 Å². The molecule has 0 fully saturated rings. The number of nitrogens with zero attached hydrogens (tertiary/aromatic N) is 1. The van der Waals surface area contributed by atoms with E-state index in [0.29, 0.717) is 39.3 Å². The van der Waals surface area contributed by atoms with Crippen LogP contribution in [0.5, 0.6) is 0 Å². The van der Waals surface area contributed by atoms with Crippen LogP contribution in [0.1, 0.15) is 36.8 Å². The zero-order chi connectivity index (χ0) is 18.1. The van der Waals surface area contributed by atoms with Gasteiger partial charge in [-0.1, -0.05) is 11.8 Å². The van der Waals surface area contributed by atoms with E-state index in [9.17, 15) is 9.59 Å². The highest BCUT2D eigenvalue weighted by Gasteiger charge is 2.38. The van der Waals surface area contributed by atoms with Gasteiger partial charge in [0.1, 0.15) is 17.3 Å². The van der Waals surface area contributed by atoms with E-state index in [-0.39, 0.29) is 12.2 Å². The van der Waals surface area contributed by atoms with Crippen molar-refractivity contribution in [1.29, 1.82) is 0 Å². The molecule has 0 saturated carbocycles.